The Morgan fingerprint density at radius 2 is 2.06 bits per heavy atom. The quantitative estimate of drug-likeness (QED) is 0.313. The fraction of sp³-hybridized carbons (Fsp3) is 0.296. The lowest BCUT2D eigenvalue weighted by atomic mass is 10.1. The molecule has 0 unspecified atom stereocenters. The second kappa shape index (κ2) is 9.80. The molecule has 4 aromatic rings. The molecule has 2 N–H and O–H groups in total. The topological polar surface area (TPSA) is 92.0 Å². The molecule has 8 heteroatoms. The van der Waals surface area contributed by atoms with Gasteiger partial charge in [0.2, 0.25) is 0 Å². The van der Waals surface area contributed by atoms with Crippen LogP contribution >= 0.6 is 11.3 Å². The van der Waals surface area contributed by atoms with Gasteiger partial charge in [-0.2, -0.15) is 5.26 Å². The Kier molecular flexibility index (Phi) is 6.43. The van der Waals surface area contributed by atoms with E-state index < -0.39 is 0 Å². The first-order chi connectivity index (χ1) is 17.0. The third-order valence-corrected chi connectivity index (χ3v) is 6.72. The Morgan fingerprint density at radius 3 is 2.71 bits per heavy atom. The summed E-state index contributed by atoms with van der Waals surface area (Å²) in [5.74, 6) is 1.38. The van der Waals surface area contributed by atoms with Gasteiger partial charge in [-0.3, -0.25) is 0 Å². The summed E-state index contributed by atoms with van der Waals surface area (Å²) < 4.78 is 8.27. The van der Waals surface area contributed by atoms with Gasteiger partial charge < -0.3 is 19.9 Å². The van der Waals surface area contributed by atoms with Crippen molar-refractivity contribution < 1.29 is 9.53 Å². The van der Waals surface area contributed by atoms with E-state index in [-0.39, 0.29) is 12.1 Å². The van der Waals surface area contributed by atoms with E-state index in [0.29, 0.717) is 23.8 Å². The van der Waals surface area contributed by atoms with E-state index >= 15 is 0 Å². The first kappa shape index (κ1) is 22.9. The minimum absolute atomic E-state index is 0.0565. The highest BCUT2D eigenvalue weighted by molar-refractivity contribution is 7.09. The molecule has 1 fully saturated rings. The molecule has 1 aliphatic carbocycles. The lowest BCUT2D eigenvalue weighted by Crippen LogP contribution is -2.34. The molecule has 0 spiro atoms. The van der Waals surface area contributed by atoms with E-state index in [9.17, 15) is 10.1 Å². The highest BCUT2D eigenvalue weighted by atomic mass is 32.1. The fourth-order valence-electron chi connectivity index (χ4n) is 4.19. The Hall–Kier alpha value is -3.83. The molecule has 2 heterocycles. The Bertz CT molecular complexity index is 1380. The molecular formula is C27H27N5O2S. The monoisotopic (exact) mass is 485 g/mol. The van der Waals surface area contributed by atoms with Gasteiger partial charge in [-0.15, -0.1) is 11.3 Å². The van der Waals surface area contributed by atoms with Crippen LogP contribution in [0.4, 0.5) is 10.5 Å². The van der Waals surface area contributed by atoms with E-state index in [0.717, 1.165) is 39.5 Å². The van der Waals surface area contributed by atoms with Gasteiger partial charge in [0.15, 0.2) is 0 Å². The second-order valence-electron chi connectivity index (χ2n) is 9.11. The predicted octanol–water partition coefficient (Wildman–Crippen LogP) is 6.16. The zero-order chi connectivity index (χ0) is 24.4. The number of anilines is 1. The van der Waals surface area contributed by atoms with Gasteiger partial charge in [0.25, 0.3) is 0 Å². The number of aromatic nitrogens is 2. The molecular weight excluding hydrogens is 458 g/mol. The van der Waals surface area contributed by atoms with E-state index in [1.54, 1.807) is 17.5 Å². The molecule has 7 nitrogen and oxygen atoms in total. The number of ether oxygens (including phenoxy) is 1. The molecule has 1 saturated carbocycles. The summed E-state index contributed by atoms with van der Waals surface area (Å²) in [7, 11) is 0. The number of carbonyl (C=O) groups is 1. The molecule has 2 aromatic heterocycles. The number of benzene rings is 2. The summed E-state index contributed by atoms with van der Waals surface area (Å²) in [4.78, 5) is 16.3. The van der Waals surface area contributed by atoms with Crippen LogP contribution < -0.4 is 15.4 Å². The summed E-state index contributed by atoms with van der Waals surface area (Å²) in [6.45, 7) is 5.12. The van der Waals surface area contributed by atoms with Crippen LogP contribution in [0.2, 0.25) is 0 Å². The predicted molar refractivity (Wildman–Crippen MR) is 139 cm³/mol. The van der Waals surface area contributed by atoms with Crippen LogP contribution in [0.5, 0.6) is 5.75 Å². The van der Waals surface area contributed by atoms with Crippen LogP contribution in [0.15, 0.2) is 54.0 Å². The Balaban J connectivity index is 1.50. The van der Waals surface area contributed by atoms with Crippen LogP contribution in [-0.2, 0) is 13.2 Å². The number of carbonyl (C=O) groups excluding carboxylic acids is 1. The first-order valence-electron chi connectivity index (χ1n) is 11.8. The van der Waals surface area contributed by atoms with Crippen LogP contribution in [0.25, 0.3) is 22.2 Å². The molecule has 0 bridgehead atoms. The van der Waals surface area contributed by atoms with Crippen molar-refractivity contribution in [1.29, 1.82) is 5.26 Å². The smallest absolute Gasteiger partial charge is 0.319 e. The van der Waals surface area contributed by atoms with Crippen molar-refractivity contribution in [3.63, 3.8) is 0 Å². The normalized spacial score (nSPS) is 13.1. The lowest BCUT2D eigenvalue weighted by Gasteiger charge is -2.13. The van der Waals surface area contributed by atoms with Gasteiger partial charge in [-0.1, -0.05) is 12.1 Å². The molecule has 5 rings (SSSR count). The maximum atomic E-state index is 12.1. The first-order valence-corrected chi connectivity index (χ1v) is 12.6. The fourth-order valence-corrected chi connectivity index (χ4v) is 4.72. The number of hydrogen-bond donors (Lipinski definition) is 2. The maximum absolute atomic E-state index is 12.1. The molecule has 178 valence electrons. The van der Waals surface area contributed by atoms with Crippen molar-refractivity contribution in [2.24, 2.45) is 5.92 Å². The Morgan fingerprint density at radius 1 is 1.26 bits per heavy atom. The average molecular weight is 486 g/mol. The SMILES string of the molecule is CC(C)NC(=O)Nc1ccc(-c2c(C#N)c3ccc(OCc4nccs4)cc3n2CC2CC2)cc1. The number of hydrogen-bond acceptors (Lipinski definition) is 5. The molecule has 2 aromatic carbocycles. The number of urea groups is 1. The number of amides is 2. The van der Waals surface area contributed by atoms with Gasteiger partial charge in [-0.25, -0.2) is 9.78 Å². The summed E-state index contributed by atoms with van der Waals surface area (Å²) in [6.07, 6.45) is 4.18. The largest absolute Gasteiger partial charge is 0.486 e. The standard InChI is InChI=1S/C27H27N5O2S/c1-17(2)30-27(33)31-20-7-5-19(6-8-20)26-23(14-28)22-10-9-21(34-16-25-29-11-12-35-25)13-24(22)32(26)15-18-3-4-18/h5-13,17-18H,3-4,15-16H2,1-2H3,(H2,30,31,33). The number of fused-ring (bicyclic) bond motifs is 1. The number of nitrogens with one attached hydrogen (secondary N) is 2. The number of thiazole rings is 1. The highest BCUT2D eigenvalue weighted by Crippen LogP contribution is 2.39. The lowest BCUT2D eigenvalue weighted by molar-refractivity contribution is 0.250. The molecule has 0 atom stereocenters. The van der Waals surface area contributed by atoms with Crippen LogP contribution in [-0.4, -0.2) is 21.6 Å². The van der Waals surface area contributed by atoms with E-state index in [2.05, 4.69) is 26.3 Å². The zero-order valence-electron chi connectivity index (χ0n) is 19.7. The van der Waals surface area contributed by atoms with Crippen LogP contribution in [0.3, 0.4) is 0 Å². The summed E-state index contributed by atoms with van der Waals surface area (Å²) >= 11 is 1.57. The van der Waals surface area contributed by atoms with Gasteiger partial charge >= 0.3 is 6.03 Å². The van der Waals surface area contributed by atoms with Gasteiger partial charge in [-0.05, 0) is 62.4 Å². The number of rotatable bonds is 8. The summed E-state index contributed by atoms with van der Waals surface area (Å²) in [6, 6.07) is 15.9. The third kappa shape index (κ3) is 5.15. The van der Waals surface area contributed by atoms with Crippen molar-refractivity contribution in [2.75, 3.05) is 5.32 Å². The second-order valence-corrected chi connectivity index (χ2v) is 10.1. The van der Waals surface area contributed by atoms with Crippen molar-refractivity contribution in [3.05, 3.63) is 64.6 Å². The summed E-state index contributed by atoms with van der Waals surface area (Å²) in [5, 5.41) is 19.6. The average Bonchev–Trinajstić information content (AvgIpc) is 3.40. The molecule has 0 aliphatic heterocycles. The number of nitrogens with zero attached hydrogens (tertiary/aromatic N) is 3. The van der Waals surface area contributed by atoms with E-state index in [1.807, 2.05) is 61.7 Å². The maximum Gasteiger partial charge on any atom is 0.319 e. The van der Waals surface area contributed by atoms with E-state index in [4.69, 9.17) is 4.74 Å². The van der Waals surface area contributed by atoms with Crippen LogP contribution in [0.1, 0.15) is 37.3 Å². The molecule has 0 radical (unpaired) electrons. The molecule has 35 heavy (non-hydrogen) atoms. The minimum atomic E-state index is -0.237. The Labute approximate surface area is 208 Å². The number of nitriles is 1. The molecule has 0 saturated heterocycles. The van der Waals surface area contributed by atoms with Gasteiger partial charge in [0, 0.05) is 41.3 Å². The minimum Gasteiger partial charge on any atom is -0.486 e. The summed E-state index contributed by atoms with van der Waals surface area (Å²) in [5.41, 5.74) is 4.21. The molecule has 1 aliphatic rings. The van der Waals surface area contributed by atoms with Crippen LogP contribution in [0, 0.1) is 17.2 Å². The van der Waals surface area contributed by atoms with E-state index in [1.165, 1.54) is 12.8 Å². The highest BCUT2D eigenvalue weighted by Gasteiger charge is 2.26. The third-order valence-electron chi connectivity index (χ3n) is 5.97. The zero-order valence-corrected chi connectivity index (χ0v) is 20.6. The van der Waals surface area contributed by atoms with Crippen molar-refractivity contribution >= 4 is 34.0 Å². The van der Waals surface area contributed by atoms with Gasteiger partial charge in [0.1, 0.15) is 23.4 Å². The van der Waals surface area contributed by atoms with Crippen molar-refractivity contribution in [3.8, 4) is 23.1 Å². The molecule has 2 amide bonds. The van der Waals surface area contributed by atoms with Crippen molar-refractivity contribution in [1.82, 2.24) is 14.9 Å². The van der Waals surface area contributed by atoms with Gasteiger partial charge in [0.05, 0.1) is 16.8 Å². The van der Waals surface area contributed by atoms with Crippen molar-refractivity contribution in [2.45, 2.75) is 45.9 Å².